The van der Waals surface area contributed by atoms with Crippen molar-refractivity contribution in [2.75, 3.05) is 6.61 Å². The van der Waals surface area contributed by atoms with Crippen LogP contribution in [-0.4, -0.2) is 24.6 Å². The Morgan fingerprint density at radius 3 is 2.62 bits per heavy atom. The molecule has 1 aliphatic carbocycles. The lowest BCUT2D eigenvalue weighted by Crippen LogP contribution is -2.31. The fraction of sp³-hybridized carbons (Fsp3) is 0.600. The van der Waals surface area contributed by atoms with E-state index in [1.165, 1.54) is 0 Å². The minimum absolute atomic E-state index is 0.0401. The first-order chi connectivity index (χ1) is 11.3. The normalized spacial score (nSPS) is 21.2. The molecule has 1 aromatic carbocycles. The van der Waals surface area contributed by atoms with E-state index in [1.54, 1.807) is 13.0 Å². The highest BCUT2D eigenvalue weighted by atomic mass is 16.5. The lowest BCUT2D eigenvalue weighted by Gasteiger charge is -2.31. The summed E-state index contributed by atoms with van der Waals surface area (Å²) in [6.07, 6.45) is 3.76. The van der Waals surface area contributed by atoms with Crippen LogP contribution in [0.4, 0.5) is 0 Å². The molecule has 4 nitrogen and oxygen atoms in total. The van der Waals surface area contributed by atoms with Gasteiger partial charge >= 0.3 is 11.9 Å². The van der Waals surface area contributed by atoms with E-state index in [-0.39, 0.29) is 18.0 Å². The summed E-state index contributed by atoms with van der Waals surface area (Å²) in [5.41, 5.74) is 1.23. The molecule has 132 valence electrons. The third-order valence-electron chi connectivity index (χ3n) is 4.38. The van der Waals surface area contributed by atoms with Crippen LogP contribution >= 0.6 is 0 Å². The Balaban J connectivity index is 2.05. The zero-order valence-electron chi connectivity index (χ0n) is 15.1. The molecule has 2 rings (SSSR count). The largest absolute Gasteiger partial charge is 0.462 e. The van der Waals surface area contributed by atoms with Crippen LogP contribution in [-0.2, 0) is 14.3 Å². The summed E-state index contributed by atoms with van der Waals surface area (Å²) in [6, 6.07) is 7.63. The number of carbonyl (C=O) groups is 2. The van der Waals surface area contributed by atoms with Crippen molar-refractivity contribution in [1.82, 2.24) is 0 Å². The topological polar surface area (TPSA) is 52.6 Å². The molecule has 2 unspecified atom stereocenters. The molecule has 1 saturated carbocycles. The van der Waals surface area contributed by atoms with E-state index < -0.39 is 5.41 Å². The van der Waals surface area contributed by atoms with Crippen molar-refractivity contribution in [2.24, 2.45) is 5.41 Å². The number of hydrogen-bond donors (Lipinski definition) is 0. The third-order valence-corrected chi connectivity index (χ3v) is 4.38. The van der Waals surface area contributed by atoms with Crippen LogP contribution in [0.5, 0.6) is 0 Å². The van der Waals surface area contributed by atoms with Gasteiger partial charge in [0.2, 0.25) is 0 Å². The van der Waals surface area contributed by atoms with Gasteiger partial charge in [-0.05, 0) is 77.0 Å². The minimum Gasteiger partial charge on any atom is -0.462 e. The molecule has 0 aromatic heterocycles. The molecule has 0 saturated heterocycles. The second-order valence-corrected chi connectivity index (χ2v) is 7.49. The van der Waals surface area contributed by atoms with Crippen molar-refractivity contribution in [3.63, 3.8) is 0 Å². The molecule has 24 heavy (non-hydrogen) atoms. The van der Waals surface area contributed by atoms with Crippen LogP contribution in [0.25, 0.3) is 0 Å². The summed E-state index contributed by atoms with van der Waals surface area (Å²) in [5.74, 6) is -0.120. The second-order valence-electron chi connectivity index (χ2n) is 7.49. The SMILES string of the molecule is CCOC(=O)c1cccc(C2CCCC(OC(=O)C(C)(C)C)C2)c1. The van der Waals surface area contributed by atoms with Crippen LogP contribution in [0.15, 0.2) is 24.3 Å². The summed E-state index contributed by atoms with van der Waals surface area (Å²) >= 11 is 0. The molecular formula is C20H28O4. The van der Waals surface area contributed by atoms with Crippen LogP contribution in [0.3, 0.4) is 0 Å². The number of esters is 2. The number of rotatable bonds is 4. The van der Waals surface area contributed by atoms with Gasteiger partial charge in [0.05, 0.1) is 17.6 Å². The maximum atomic E-state index is 12.1. The zero-order chi connectivity index (χ0) is 17.7. The Bertz CT molecular complexity index is 586. The fourth-order valence-electron chi connectivity index (χ4n) is 3.02. The number of ether oxygens (including phenoxy) is 2. The van der Waals surface area contributed by atoms with Gasteiger partial charge in [0.25, 0.3) is 0 Å². The molecule has 4 heteroatoms. The minimum atomic E-state index is -0.475. The Morgan fingerprint density at radius 1 is 1.21 bits per heavy atom. The molecule has 0 spiro atoms. The molecule has 0 bridgehead atoms. The molecule has 2 atom stereocenters. The molecular weight excluding hydrogens is 304 g/mol. The monoisotopic (exact) mass is 332 g/mol. The summed E-state index contributed by atoms with van der Waals surface area (Å²) in [6.45, 7) is 7.80. The van der Waals surface area contributed by atoms with E-state index in [2.05, 4.69) is 0 Å². The molecule has 1 aliphatic rings. The van der Waals surface area contributed by atoms with Crippen molar-refractivity contribution in [2.45, 2.75) is 65.4 Å². The van der Waals surface area contributed by atoms with Crippen LogP contribution < -0.4 is 0 Å². The average Bonchev–Trinajstić information content (AvgIpc) is 2.54. The standard InChI is InChI=1S/C20H28O4/c1-5-23-18(21)16-10-6-8-14(12-16)15-9-7-11-17(13-15)24-19(22)20(2,3)4/h6,8,10,12,15,17H,5,7,9,11,13H2,1-4H3. The second kappa shape index (κ2) is 7.82. The van der Waals surface area contributed by atoms with Gasteiger partial charge in [-0.1, -0.05) is 12.1 Å². The van der Waals surface area contributed by atoms with Gasteiger partial charge in [-0.2, -0.15) is 0 Å². The first-order valence-corrected chi connectivity index (χ1v) is 8.79. The van der Waals surface area contributed by atoms with Crippen molar-refractivity contribution < 1.29 is 19.1 Å². The van der Waals surface area contributed by atoms with Crippen LogP contribution in [0.1, 0.15) is 75.2 Å². The summed E-state index contributed by atoms with van der Waals surface area (Å²) in [4.78, 5) is 24.0. The number of hydrogen-bond acceptors (Lipinski definition) is 4. The van der Waals surface area contributed by atoms with Crippen molar-refractivity contribution in [3.8, 4) is 0 Å². The number of benzene rings is 1. The van der Waals surface area contributed by atoms with E-state index >= 15 is 0 Å². The molecule has 1 aromatic rings. The Kier molecular flexibility index (Phi) is 6.03. The van der Waals surface area contributed by atoms with Gasteiger partial charge < -0.3 is 9.47 Å². The van der Waals surface area contributed by atoms with Gasteiger partial charge in [-0.15, -0.1) is 0 Å². The predicted molar refractivity (Wildman–Crippen MR) is 92.9 cm³/mol. The van der Waals surface area contributed by atoms with Gasteiger partial charge in [-0.25, -0.2) is 4.79 Å². The lowest BCUT2D eigenvalue weighted by molar-refractivity contribution is -0.160. The van der Waals surface area contributed by atoms with Crippen molar-refractivity contribution in [1.29, 1.82) is 0 Å². The maximum absolute atomic E-state index is 12.1. The van der Waals surface area contributed by atoms with Crippen molar-refractivity contribution in [3.05, 3.63) is 35.4 Å². The highest BCUT2D eigenvalue weighted by Crippen LogP contribution is 2.35. The van der Waals surface area contributed by atoms with E-state index in [0.29, 0.717) is 18.1 Å². The van der Waals surface area contributed by atoms with Crippen LogP contribution in [0.2, 0.25) is 0 Å². The molecule has 0 aliphatic heterocycles. The maximum Gasteiger partial charge on any atom is 0.338 e. The first-order valence-electron chi connectivity index (χ1n) is 8.79. The lowest BCUT2D eigenvalue weighted by atomic mass is 9.82. The Hall–Kier alpha value is -1.84. The average molecular weight is 332 g/mol. The molecule has 0 heterocycles. The molecule has 0 amide bonds. The zero-order valence-corrected chi connectivity index (χ0v) is 15.1. The highest BCUT2D eigenvalue weighted by Gasteiger charge is 2.30. The summed E-state index contributed by atoms with van der Waals surface area (Å²) < 4.78 is 10.8. The Morgan fingerprint density at radius 2 is 1.96 bits per heavy atom. The number of carbonyl (C=O) groups excluding carboxylic acids is 2. The molecule has 0 N–H and O–H groups in total. The summed E-state index contributed by atoms with van der Waals surface area (Å²) in [5, 5.41) is 0. The summed E-state index contributed by atoms with van der Waals surface area (Å²) in [7, 11) is 0. The molecule has 0 radical (unpaired) electrons. The third kappa shape index (κ3) is 4.83. The Labute approximate surface area is 144 Å². The van der Waals surface area contributed by atoms with Gasteiger partial charge in [-0.3, -0.25) is 4.79 Å². The highest BCUT2D eigenvalue weighted by molar-refractivity contribution is 5.89. The van der Waals surface area contributed by atoms with E-state index in [1.807, 2.05) is 39.0 Å². The molecule has 1 fully saturated rings. The van der Waals surface area contributed by atoms with E-state index in [9.17, 15) is 9.59 Å². The van der Waals surface area contributed by atoms with Crippen molar-refractivity contribution >= 4 is 11.9 Å². The van der Waals surface area contributed by atoms with Gasteiger partial charge in [0, 0.05) is 0 Å². The van der Waals surface area contributed by atoms with E-state index in [0.717, 1.165) is 31.2 Å². The first kappa shape index (κ1) is 18.5. The quantitative estimate of drug-likeness (QED) is 0.763. The fourth-order valence-corrected chi connectivity index (χ4v) is 3.02. The van der Waals surface area contributed by atoms with Gasteiger partial charge in [0.15, 0.2) is 0 Å². The van der Waals surface area contributed by atoms with Crippen LogP contribution in [0, 0.1) is 5.41 Å². The van der Waals surface area contributed by atoms with E-state index in [4.69, 9.17) is 9.47 Å². The van der Waals surface area contributed by atoms with Gasteiger partial charge in [0.1, 0.15) is 6.10 Å². The smallest absolute Gasteiger partial charge is 0.338 e. The predicted octanol–water partition coefficient (Wildman–Crippen LogP) is 4.48.